The Morgan fingerprint density at radius 2 is 2.19 bits per heavy atom. The largest absolute Gasteiger partial charge is 0.337 e. The molecule has 1 aromatic rings. The molecule has 0 radical (unpaired) electrons. The highest BCUT2D eigenvalue weighted by Crippen LogP contribution is 2.19. The fourth-order valence-electron chi connectivity index (χ4n) is 1.46. The number of halogens is 1. The lowest BCUT2D eigenvalue weighted by Crippen LogP contribution is -2.48. The van der Waals surface area contributed by atoms with Crippen molar-refractivity contribution in [2.75, 3.05) is 25.0 Å². The SMILES string of the molecule is O=C(NCC1CNC1)Nc1ccccc1Cl. The average molecular weight is 240 g/mol. The van der Waals surface area contributed by atoms with Gasteiger partial charge >= 0.3 is 6.03 Å². The van der Waals surface area contributed by atoms with Crippen molar-refractivity contribution in [2.24, 2.45) is 5.92 Å². The van der Waals surface area contributed by atoms with Crippen LogP contribution in [-0.2, 0) is 0 Å². The number of para-hydroxylation sites is 1. The molecule has 5 heteroatoms. The van der Waals surface area contributed by atoms with Gasteiger partial charge in [-0.05, 0) is 12.1 Å². The molecule has 0 aliphatic carbocycles. The number of amides is 2. The summed E-state index contributed by atoms with van der Waals surface area (Å²) in [5.74, 6) is 0.553. The Hall–Kier alpha value is -1.26. The van der Waals surface area contributed by atoms with Crippen LogP contribution in [0.25, 0.3) is 0 Å². The molecule has 0 aromatic heterocycles. The van der Waals surface area contributed by atoms with Crippen molar-refractivity contribution in [1.29, 1.82) is 0 Å². The van der Waals surface area contributed by atoms with Gasteiger partial charge in [0.25, 0.3) is 0 Å². The van der Waals surface area contributed by atoms with Crippen molar-refractivity contribution >= 4 is 23.3 Å². The molecule has 0 spiro atoms. The van der Waals surface area contributed by atoms with Gasteiger partial charge in [0.05, 0.1) is 10.7 Å². The molecular weight excluding hydrogens is 226 g/mol. The van der Waals surface area contributed by atoms with Crippen molar-refractivity contribution in [2.45, 2.75) is 0 Å². The number of benzene rings is 1. The Bertz CT molecular complexity index is 379. The predicted octanol–water partition coefficient (Wildman–Crippen LogP) is 1.68. The molecule has 1 aromatic carbocycles. The molecule has 2 amide bonds. The van der Waals surface area contributed by atoms with Crippen molar-refractivity contribution < 1.29 is 4.79 Å². The van der Waals surface area contributed by atoms with E-state index >= 15 is 0 Å². The first-order valence-corrected chi connectivity index (χ1v) is 5.63. The Morgan fingerprint density at radius 1 is 1.44 bits per heavy atom. The molecule has 0 unspecified atom stereocenters. The number of hydrogen-bond donors (Lipinski definition) is 3. The Balaban J connectivity index is 1.80. The van der Waals surface area contributed by atoms with Gasteiger partial charge in [0.2, 0.25) is 0 Å². The van der Waals surface area contributed by atoms with E-state index in [1.165, 1.54) is 0 Å². The zero-order chi connectivity index (χ0) is 11.4. The number of anilines is 1. The Morgan fingerprint density at radius 3 is 2.81 bits per heavy atom. The molecule has 4 nitrogen and oxygen atoms in total. The monoisotopic (exact) mass is 239 g/mol. The van der Waals surface area contributed by atoms with E-state index in [0.29, 0.717) is 23.2 Å². The quantitative estimate of drug-likeness (QED) is 0.752. The summed E-state index contributed by atoms with van der Waals surface area (Å²) in [6.45, 7) is 2.65. The van der Waals surface area contributed by atoms with Crippen molar-refractivity contribution in [3.05, 3.63) is 29.3 Å². The van der Waals surface area contributed by atoms with E-state index in [9.17, 15) is 4.79 Å². The normalized spacial score (nSPS) is 15.3. The smallest absolute Gasteiger partial charge is 0.319 e. The number of carbonyl (C=O) groups excluding carboxylic acids is 1. The van der Waals surface area contributed by atoms with E-state index < -0.39 is 0 Å². The lowest BCUT2D eigenvalue weighted by molar-refractivity contribution is 0.246. The van der Waals surface area contributed by atoms with Crippen LogP contribution in [0.3, 0.4) is 0 Å². The van der Waals surface area contributed by atoms with Crippen LogP contribution in [0.4, 0.5) is 10.5 Å². The third-order valence-electron chi connectivity index (χ3n) is 2.54. The van der Waals surface area contributed by atoms with Gasteiger partial charge < -0.3 is 16.0 Å². The second-order valence-electron chi connectivity index (χ2n) is 3.84. The minimum absolute atomic E-state index is 0.208. The summed E-state index contributed by atoms with van der Waals surface area (Å²) in [5, 5.41) is 9.22. The van der Waals surface area contributed by atoms with Gasteiger partial charge in [-0.2, -0.15) is 0 Å². The first kappa shape index (κ1) is 11.2. The maximum atomic E-state index is 11.5. The van der Waals surface area contributed by atoms with Crippen LogP contribution < -0.4 is 16.0 Å². The summed E-state index contributed by atoms with van der Waals surface area (Å²) in [6.07, 6.45) is 0. The van der Waals surface area contributed by atoms with Crippen LogP contribution in [0.5, 0.6) is 0 Å². The molecular formula is C11H14ClN3O. The molecule has 1 heterocycles. The second-order valence-corrected chi connectivity index (χ2v) is 4.25. The van der Waals surface area contributed by atoms with Crippen LogP contribution in [0, 0.1) is 5.92 Å². The molecule has 0 bridgehead atoms. The second kappa shape index (κ2) is 5.18. The van der Waals surface area contributed by atoms with E-state index in [0.717, 1.165) is 13.1 Å². The van der Waals surface area contributed by atoms with Gasteiger partial charge in [-0.1, -0.05) is 23.7 Å². The van der Waals surface area contributed by atoms with Crippen LogP contribution in [0.15, 0.2) is 24.3 Å². The first-order valence-electron chi connectivity index (χ1n) is 5.26. The Kier molecular flexibility index (Phi) is 3.64. The molecule has 2 rings (SSSR count). The van der Waals surface area contributed by atoms with Crippen molar-refractivity contribution in [3.8, 4) is 0 Å². The van der Waals surface area contributed by atoms with Gasteiger partial charge in [-0.15, -0.1) is 0 Å². The summed E-state index contributed by atoms with van der Waals surface area (Å²) >= 11 is 5.92. The minimum Gasteiger partial charge on any atom is -0.337 e. The van der Waals surface area contributed by atoms with Gasteiger partial charge in [-0.25, -0.2) is 4.79 Å². The molecule has 1 aliphatic rings. The van der Waals surface area contributed by atoms with Gasteiger partial charge in [0.1, 0.15) is 0 Å². The molecule has 86 valence electrons. The molecule has 3 N–H and O–H groups in total. The molecule has 1 aliphatic heterocycles. The minimum atomic E-state index is -0.208. The van der Waals surface area contributed by atoms with Gasteiger partial charge in [0, 0.05) is 25.6 Å². The fourth-order valence-corrected chi connectivity index (χ4v) is 1.64. The van der Waals surface area contributed by atoms with Crippen LogP contribution in [0.2, 0.25) is 5.02 Å². The van der Waals surface area contributed by atoms with E-state index in [2.05, 4.69) is 16.0 Å². The lowest BCUT2D eigenvalue weighted by atomic mass is 10.0. The van der Waals surface area contributed by atoms with Crippen LogP contribution in [0.1, 0.15) is 0 Å². The van der Waals surface area contributed by atoms with Crippen LogP contribution in [-0.4, -0.2) is 25.7 Å². The molecule has 1 saturated heterocycles. The summed E-state index contributed by atoms with van der Waals surface area (Å²) in [7, 11) is 0. The highest BCUT2D eigenvalue weighted by atomic mass is 35.5. The zero-order valence-corrected chi connectivity index (χ0v) is 9.55. The summed E-state index contributed by atoms with van der Waals surface area (Å²) < 4.78 is 0. The maximum absolute atomic E-state index is 11.5. The lowest BCUT2D eigenvalue weighted by Gasteiger charge is -2.27. The van der Waals surface area contributed by atoms with E-state index in [1.54, 1.807) is 12.1 Å². The summed E-state index contributed by atoms with van der Waals surface area (Å²) in [4.78, 5) is 11.5. The number of hydrogen-bond acceptors (Lipinski definition) is 2. The molecule has 0 atom stereocenters. The van der Waals surface area contributed by atoms with Gasteiger partial charge in [0.15, 0.2) is 0 Å². The molecule has 0 saturated carbocycles. The maximum Gasteiger partial charge on any atom is 0.319 e. The molecule has 16 heavy (non-hydrogen) atoms. The predicted molar refractivity (Wildman–Crippen MR) is 64.8 cm³/mol. The molecule has 1 fully saturated rings. The fraction of sp³-hybridized carbons (Fsp3) is 0.364. The zero-order valence-electron chi connectivity index (χ0n) is 8.79. The number of carbonyl (C=O) groups is 1. The third-order valence-corrected chi connectivity index (χ3v) is 2.87. The van der Waals surface area contributed by atoms with E-state index in [-0.39, 0.29) is 6.03 Å². The first-order chi connectivity index (χ1) is 7.75. The average Bonchev–Trinajstić information content (AvgIpc) is 2.19. The summed E-state index contributed by atoms with van der Waals surface area (Å²) in [6, 6.07) is 6.96. The number of nitrogens with one attached hydrogen (secondary N) is 3. The summed E-state index contributed by atoms with van der Waals surface area (Å²) in [5.41, 5.74) is 0.633. The highest BCUT2D eigenvalue weighted by molar-refractivity contribution is 6.33. The topological polar surface area (TPSA) is 53.2 Å². The van der Waals surface area contributed by atoms with E-state index in [4.69, 9.17) is 11.6 Å². The third kappa shape index (κ3) is 2.87. The number of urea groups is 1. The number of rotatable bonds is 3. The van der Waals surface area contributed by atoms with E-state index in [1.807, 2.05) is 12.1 Å². The highest BCUT2D eigenvalue weighted by Gasteiger charge is 2.17. The van der Waals surface area contributed by atoms with Crippen LogP contribution >= 0.6 is 11.6 Å². The standard InChI is InChI=1S/C11H14ClN3O/c12-9-3-1-2-4-10(9)15-11(16)14-7-8-5-13-6-8/h1-4,8,13H,5-7H2,(H2,14,15,16). The Labute approximate surface area is 99.4 Å². The van der Waals surface area contributed by atoms with Crippen molar-refractivity contribution in [1.82, 2.24) is 10.6 Å². The van der Waals surface area contributed by atoms with Gasteiger partial charge in [-0.3, -0.25) is 0 Å². The van der Waals surface area contributed by atoms with Crippen molar-refractivity contribution in [3.63, 3.8) is 0 Å².